The Morgan fingerprint density at radius 3 is 2.44 bits per heavy atom. The number of para-hydroxylation sites is 1. The summed E-state index contributed by atoms with van der Waals surface area (Å²) in [5.74, 6) is -0.449. The predicted molar refractivity (Wildman–Crippen MR) is 70.8 cm³/mol. The molecule has 1 aromatic rings. The van der Waals surface area contributed by atoms with Crippen LogP contribution in [0.15, 0.2) is 24.3 Å². The molecule has 0 aliphatic carbocycles. The Labute approximate surface area is 108 Å². The Hall–Kier alpha value is -1.36. The number of methoxy groups -OCH3 is 1. The fraction of sp³-hybridized carbons (Fsp3) is 0.462. The third-order valence-electron chi connectivity index (χ3n) is 2.35. The number of ketones is 1. The van der Waals surface area contributed by atoms with Crippen molar-refractivity contribution in [2.75, 3.05) is 18.6 Å². The number of benzene rings is 1. The Morgan fingerprint density at radius 1 is 1.28 bits per heavy atom. The molecule has 0 bridgehead atoms. The number of rotatable bonds is 6. The normalized spacial score (nSPS) is 11.6. The number of hydrogen-bond donors (Lipinski definition) is 0. The molecule has 0 heterocycles. The van der Waals surface area contributed by atoms with Gasteiger partial charge >= 0.3 is 0 Å². The molecule has 0 fully saturated rings. The van der Waals surface area contributed by atoms with Gasteiger partial charge in [-0.1, -0.05) is 26.0 Å². The Bertz CT molecular complexity index is 518. The van der Waals surface area contributed by atoms with Crippen LogP contribution in [0, 0.1) is 5.92 Å². The van der Waals surface area contributed by atoms with Crippen molar-refractivity contribution in [3.8, 4) is 5.75 Å². The molecule has 0 saturated carbocycles. The van der Waals surface area contributed by atoms with Crippen molar-refractivity contribution in [1.82, 2.24) is 0 Å². The molecule has 100 valence electrons. The molecule has 18 heavy (non-hydrogen) atoms. The van der Waals surface area contributed by atoms with Crippen LogP contribution in [0.25, 0.3) is 0 Å². The zero-order valence-corrected chi connectivity index (χ0v) is 11.7. The highest BCUT2D eigenvalue weighted by atomic mass is 32.2. The minimum Gasteiger partial charge on any atom is -0.496 e. The summed E-state index contributed by atoms with van der Waals surface area (Å²) in [6.45, 7) is 3.62. The van der Waals surface area contributed by atoms with Crippen LogP contribution < -0.4 is 4.74 Å². The zero-order chi connectivity index (χ0) is 13.8. The fourth-order valence-corrected chi connectivity index (χ4v) is 3.41. The highest BCUT2D eigenvalue weighted by molar-refractivity contribution is 7.92. The first-order valence-corrected chi connectivity index (χ1v) is 7.54. The van der Waals surface area contributed by atoms with Crippen LogP contribution in [0.4, 0.5) is 0 Å². The van der Waals surface area contributed by atoms with Gasteiger partial charge in [0.25, 0.3) is 0 Å². The van der Waals surface area contributed by atoms with E-state index in [9.17, 15) is 13.2 Å². The first kappa shape index (κ1) is 14.7. The van der Waals surface area contributed by atoms with Crippen molar-refractivity contribution in [2.24, 2.45) is 5.92 Å². The van der Waals surface area contributed by atoms with Crippen LogP contribution in [0.1, 0.15) is 24.2 Å². The third-order valence-corrected chi connectivity index (χ3v) is 4.22. The molecule has 0 aliphatic heterocycles. The lowest BCUT2D eigenvalue weighted by Crippen LogP contribution is -2.22. The van der Waals surface area contributed by atoms with Crippen molar-refractivity contribution in [3.05, 3.63) is 29.8 Å². The molecule has 1 rings (SSSR count). The molecule has 4 nitrogen and oxygen atoms in total. The first-order chi connectivity index (χ1) is 8.35. The molecule has 0 aliphatic rings. The second kappa shape index (κ2) is 6.00. The largest absolute Gasteiger partial charge is 0.496 e. The lowest BCUT2D eigenvalue weighted by Gasteiger charge is -2.09. The molecular formula is C13H18O4S. The van der Waals surface area contributed by atoms with Crippen LogP contribution in [0.5, 0.6) is 5.75 Å². The maximum absolute atomic E-state index is 12.0. The summed E-state index contributed by atoms with van der Waals surface area (Å²) in [4.78, 5) is 12.0. The molecule has 0 unspecified atom stereocenters. The van der Waals surface area contributed by atoms with E-state index in [1.165, 1.54) is 7.11 Å². The van der Waals surface area contributed by atoms with E-state index in [0.29, 0.717) is 11.3 Å². The fourth-order valence-electron chi connectivity index (χ4n) is 1.72. The van der Waals surface area contributed by atoms with Crippen molar-refractivity contribution in [1.29, 1.82) is 0 Å². The SMILES string of the molecule is COc1ccccc1C(=O)CS(=O)(=O)CC(C)C. The van der Waals surface area contributed by atoms with Crippen molar-refractivity contribution in [2.45, 2.75) is 13.8 Å². The average molecular weight is 270 g/mol. The van der Waals surface area contributed by atoms with Crippen molar-refractivity contribution in [3.63, 3.8) is 0 Å². The van der Waals surface area contributed by atoms with E-state index in [4.69, 9.17) is 4.74 Å². The second-order valence-corrected chi connectivity index (χ2v) is 6.68. The first-order valence-electron chi connectivity index (χ1n) is 5.72. The van der Waals surface area contributed by atoms with Gasteiger partial charge in [0.2, 0.25) is 0 Å². The topological polar surface area (TPSA) is 60.4 Å². The van der Waals surface area contributed by atoms with Gasteiger partial charge in [-0.05, 0) is 18.1 Å². The molecule has 0 N–H and O–H groups in total. The number of ether oxygens (including phenoxy) is 1. The molecule has 0 amide bonds. The van der Waals surface area contributed by atoms with E-state index < -0.39 is 21.4 Å². The van der Waals surface area contributed by atoms with E-state index in [2.05, 4.69) is 0 Å². The summed E-state index contributed by atoms with van der Waals surface area (Å²) in [5.41, 5.74) is 0.312. The van der Waals surface area contributed by atoms with Gasteiger partial charge < -0.3 is 4.74 Å². The summed E-state index contributed by atoms with van der Waals surface area (Å²) >= 11 is 0. The highest BCUT2D eigenvalue weighted by Crippen LogP contribution is 2.18. The van der Waals surface area contributed by atoms with Gasteiger partial charge in [-0.25, -0.2) is 8.42 Å². The quantitative estimate of drug-likeness (QED) is 0.741. The minimum absolute atomic E-state index is 0.0143. The number of carbonyl (C=O) groups excluding carboxylic acids is 1. The third kappa shape index (κ3) is 4.14. The second-order valence-electron chi connectivity index (χ2n) is 4.57. The van der Waals surface area contributed by atoms with Crippen LogP contribution in [0.3, 0.4) is 0 Å². The van der Waals surface area contributed by atoms with Gasteiger partial charge in [-0.15, -0.1) is 0 Å². The maximum atomic E-state index is 12.0. The van der Waals surface area contributed by atoms with Gasteiger partial charge in [0, 0.05) is 0 Å². The van der Waals surface area contributed by atoms with Crippen molar-refractivity contribution < 1.29 is 17.9 Å². The summed E-state index contributed by atoms with van der Waals surface area (Å²) in [7, 11) is -1.91. The van der Waals surface area contributed by atoms with Gasteiger partial charge in [-0.3, -0.25) is 4.79 Å². The van der Waals surface area contributed by atoms with Gasteiger partial charge in [-0.2, -0.15) is 0 Å². The smallest absolute Gasteiger partial charge is 0.181 e. The summed E-state index contributed by atoms with van der Waals surface area (Å²) in [6.07, 6.45) is 0. The number of hydrogen-bond acceptors (Lipinski definition) is 4. The predicted octanol–water partition coefficient (Wildman–Crippen LogP) is 1.95. The number of Topliss-reactive ketones (excluding diaryl/α,β-unsaturated/α-hetero) is 1. The molecule has 1 aromatic carbocycles. The molecule has 0 aromatic heterocycles. The minimum atomic E-state index is -3.36. The van der Waals surface area contributed by atoms with Gasteiger partial charge in [0.15, 0.2) is 15.6 Å². The van der Waals surface area contributed by atoms with E-state index in [1.54, 1.807) is 24.3 Å². The lowest BCUT2D eigenvalue weighted by atomic mass is 10.1. The number of sulfone groups is 1. The monoisotopic (exact) mass is 270 g/mol. The van der Waals surface area contributed by atoms with Crippen LogP contribution in [0.2, 0.25) is 0 Å². The van der Waals surface area contributed by atoms with Gasteiger partial charge in [0.1, 0.15) is 11.5 Å². The van der Waals surface area contributed by atoms with Crippen LogP contribution >= 0.6 is 0 Å². The molecule has 0 saturated heterocycles. The van der Waals surface area contributed by atoms with E-state index in [0.717, 1.165) is 0 Å². The summed E-state index contributed by atoms with van der Waals surface area (Å²) < 4.78 is 28.6. The van der Waals surface area contributed by atoms with E-state index in [-0.39, 0.29) is 11.7 Å². The Kier molecular flexibility index (Phi) is 4.90. The lowest BCUT2D eigenvalue weighted by molar-refractivity contribution is 0.101. The van der Waals surface area contributed by atoms with E-state index >= 15 is 0 Å². The standard InChI is InChI=1S/C13H18O4S/c1-10(2)8-18(15,16)9-12(14)11-6-4-5-7-13(11)17-3/h4-7,10H,8-9H2,1-3H3. The van der Waals surface area contributed by atoms with Gasteiger partial charge in [0.05, 0.1) is 18.4 Å². The summed E-state index contributed by atoms with van der Waals surface area (Å²) in [6, 6.07) is 6.64. The molecule has 0 atom stereocenters. The van der Waals surface area contributed by atoms with Crippen LogP contribution in [-0.2, 0) is 9.84 Å². The molecule has 0 radical (unpaired) electrons. The Morgan fingerprint density at radius 2 is 1.89 bits per heavy atom. The summed E-state index contributed by atoms with van der Waals surface area (Å²) in [5, 5.41) is 0. The van der Waals surface area contributed by atoms with Crippen molar-refractivity contribution >= 4 is 15.6 Å². The average Bonchev–Trinajstić information content (AvgIpc) is 2.26. The molecule has 0 spiro atoms. The molecule has 5 heteroatoms. The zero-order valence-electron chi connectivity index (χ0n) is 10.8. The van der Waals surface area contributed by atoms with Crippen LogP contribution in [-0.4, -0.2) is 32.8 Å². The Balaban J connectivity index is 2.89. The van der Waals surface area contributed by atoms with E-state index in [1.807, 2.05) is 13.8 Å². The maximum Gasteiger partial charge on any atom is 0.181 e. The highest BCUT2D eigenvalue weighted by Gasteiger charge is 2.21. The number of carbonyl (C=O) groups is 1. The molecular weight excluding hydrogens is 252 g/mol.